The van der Waals surface area contributed by atoms with Gasteiger partial charge < -0.3 is 24.4 Å². The van der Waals surface area contributed by atoms with Crippen LogP contribution in [0.5, 0.6) is 17.2 Å². The molecule has 0 fully saturated rings. The zero-order chi connectivity index (χ0) is 18.9. The van der Waals surface area contributed by atoms with E-state index in [1.165, 1.54) is 5.56 Å². The van der Waals surface area contributed by atoms with E-state index in [0.717, 1.165) is 6.54 Å². The molecule has 0 radical (unpaired) electrons. The van der Waals surface area contributed by atoms with Crippen LogP contribution in [0.15, 0.2) is 42.5 Å². The van der Waals surface area contributed by atoms with E-state index >= 15 is 0 Å². The molecule has 0 aliphatic rings. The zero-order valence-electron chi connectivity index (χ0n) is 15.7. The van der Waals surface area contributed by atoms with Crippen LogP contribution in [0, 0.1) is 0 Å². The standard InChI is InChI=1S/C20H26N2O4/c1-22(14-15-8-6-5-7-9-15)11-10-19(23)21-16-12-17(24-2)20(26-4)18(13-16)25-3/h5-9,12-13H,10-11,14H2,1-4H3,(H,21,23). The van der Waals surface area contributed by atoms with Gasteiger partial charge in [-0.05, 0) is 12.6 Å². The number of benzene rings is 2. The summed E-state index contributed by atoms with van der Waals surface area (Å²) < 4.78 is 15.9. The smallest absolute Gasteiger partial charge is 0.225 e. The third-order valence-electron chi connectivity index (χ3n) is 3.96. The number of nitrogens with zero attached hydrogens (tertiary/aromatic N) is 1. The van der Waals surface area contributed by atoms with Gasteiger partial charge in [-0.15, -0.1) is 0 Å². The molecule has 0 atom stereocenters. The summed E-state index contributed by atoms with van der Waals surface area (Å²) in [6.07, 6.45) is 0.389. The van der Waals surface area contributed by atoms with Crippen LogP contribution in [0.4, 0.5) is 5.69 Å². The highest BCUT2D eigenvalue weighted by molar-refractivity contribution is 5.91. The van der Waals surface area contributed by atoms with Crippen LogP contribution in [0.3, 0.4) is 0 Å². The lowest BCUT2D eigenvalue weighted by Gasteiger charge is -2.17. The molecule has 0 aliphatic carbocycles. The molecule has 1 amide bonds. The van der Waals surface area contributed by atoms with Gasteiger partial charge in [-0.3, -0.25) is 4.79 Å². The van der Waals surface area contributed by atoms with Crippen LogP contribution in [-0.2, 0) is 11.3 Å². The Kier molecular flexibility index (Phi) is 7.29. The van der Waals surface area contributed by atoms with Crippen molar-refractivity contribution in [3.05, 3.63) is 48.0 Å². The second kappa shape index (κ2) is 9.68. The normalized spacial score (nSPS) is 10.5. The fraction of sp³-hybridized carbons (Fsp3) is 0.350. The van der Waals surface area contributed by atoms with Crippen molar-refractivity contribution >= 4 is 11.6 Å². The van der Waals surface area contributed by atoms with E-state index in [0.29, 0.717) is 35.9 Å². The van der Waals surface area contributed by atoms with Crippen molar-refractivity contribution in [3.8, 4) is 17.2 Å². The molecule has 2 aromatic carbocycles. The van der Waals surface area contributed by atoms with Gasteiger partial charge in [0.1, 0.15) is 0 Å². The average molecular weight is 358 g/mol. The maximum Gasteiger partial charge on any atom is 0.225 e. The summed E-state index contributed by atoms with van der Waals surface area (Å²) in [4.78, 5) is 14.4. The van der Waals surface area contributed by atoms with E-state index < -0.39 is 0 Å². The predicted molar refractivity (Wildman–Crippen MR) is 102 cm³/mol. The molecular weight excluding hydrogens is 332 g/mol. The zero-order valence-corrected chi connectivity index (χ0v) is 15.7. The van der Waals surface area contributed by atoms with Crippen molar-refractivity contribution < 1.29 is 19.0 Å². The highest BCUT2D eigenvalue weighted by Gasteiger charge is 2.14. The number of carbonyl (C=O) groups excluding carboxylic acids is 1. The summed E-state index contributed by atoms with van der Waals surface area (Å²) in [5, 5.41) is 2.88. The van der Waals surface area contributed by atoms with Crippen LogP contribution in [-0.4, -0.2) is 45.7 Å². The third kappa shape index (κ3) is 5.39. The number of rotatable bonds is 9. The predicted octanol–water partition coefficient (Wildman–Crippen LogP) is 3.17. The lowest BCUT2D eigenvalue weighted by molar-refractivity contribution is -0.116. The Balaban J connectivity index is 1.93. The van der Waals surface area contributed by atoms with Crippen molar-refractivity contribution in [2.45, 2.75) is 13.0 Å². The summed E-state index contributed by atoms with van der Waals surface area (Å²) in [5.41, 5.74) is 1.83. The van der Waals surface area contributed by atoms with E-state index in [-0.39, 0.29) is 5.91 Å². The number of methoxy groups -OCH3 is 3. The molecule has 0 aliphatic heterocycles. The highest BCUT2D eigenvalue weighted by atomic mass is 16.5. The highest BCUT2D eigenvalue weighted by Crippen LogP contribution is 2.39. The molecule has 0 saturated heterocycles. The number of hydrogen-bond donors (Lipinski definition) is 1. The fourth-order valence-electron chi connectivity index (χ4n) is 2.64. The summed E-state index contributed by atoms with van der Waals surface area (Å²) in [7, 11) is 6.63. The van der Waals surface area contributed by atoms with Gasteiger partial charge in [-0.2, -0.15) is 0 Å². The molecule has 0 bridgehead atoms. The monoisotopic (exact) mass is 358 g/mol. The van der Waals surface area contributed by atoms with Crippen LogP contribution in [0.2, 0.25) is 0 Å². The van der Waals surface area contributed by atoms with Crippen LogP contribution in [0.25, 0.3) is 0 Å². The summed E-state index contributed by atoms with van der Waals surface area (Å²) >= 11 is 0. The van der Waals surface area contributed by atoms with Gasteiger partial charge >= 0.3 is 0 Å². The van der Waals surface area contributed by atoms with E-state index in [1.807, 2.05) is 25.2 Å². The van der Waals surface area contributed by atoms with Crippen molar-refractivity contribution in [2.24, 2.45) is 0 Å². The molecule has 0 unspecified atom stereocenters. The molecular formula is C20H26N2O4. The van der Waals surface area contributed by atoms with Gasteiger partial charge in [0, 0.05) is 37.3 Å². The van der Waals surface area contributed by atoms with E-state index in [9.17, 15) is 4.79 Å². The molecule has 2 aromatic rings. The second-order valence-corrected chi connectivity index (χ2v) is 5.94. The van der Waals surface area contributed by atoms with Crippen molar-refractivity contribution in [3.63, 3.8) is 0 Å². The minimum Gasteiger partial charge on any atom is -0.493 e. The second-order valence-electron chi connectivity index (χ2n) is 5.94. The fourth-order valence-corrected chi connectivity index (χ4v) is 2.64. The van der Waals surface area contributed by atoms with Gasteiger partial charge in [-0.1, -0.05) is 30.3 Å². The first-order chi connectivity index (χ1) is 12.6. The number of nitrogens with one attached hydrogen (secondary N) is 1. The van der Waals surface area contributed by atoms with Gasteiger partial charge in [0.25, 0.3) is 0 Å². The molecule has 1 N–H and O–H groups in total. The number of ether oxygens (including phenoxy) is 3. The first-order valence-corrected chi connectivity index (χ1v) is 8.39. The third-order valence-corrected chi connectivity index (χ3v) is 3.96. The summed E-state index contributed by atoms with van der Waals surface area (Å²) in [6, 6.07) is 13.6. The van der Waals surface area contributed by atoms with Gasteiger partial charge in [-0.25, -0.2) is 0 Å². The Labute approximate surface area is 154 Å². The van der Waals surface area contributed by atoms with E-state index in [1.54, 1.807) is 33.5 Å². The molecule has 6 heteroatoms. The average Bonchev–Trinajstić information content (AvgIpc) is 2.66. The summed E-state index contributed by atoms with van der Waals surface area (Å²) in [5.74, 6) is 1.43. The Hall–Kier alpha value is -2.73. The lowest BCUT2D eigenvalue weighted by Crippen LogP contribution is -2.24. The van der Waals surface area contributed by atoms with Gasteiger partial charge in [0.15, 0.2) is 11.5 Å². The minimum absolute atomic E-state index is 0.0702. The van der Waals surface area contributed by atoms with E-state index in [2.05, 4.69) is 22.3 Å². The van der Waals surface area contributed by atoms with Crippen LogP contribution < -0.4 is 19.5 Å². The topological polar surface area (TPSA) is 60.0 Å². The van der Waals surface area contributed by atoms with Crippen molar-refractivity contribution in [2.75, 3.05) is 40.2 Å². The quantitative estimate of drug-likeness (QED) is 0.746. The molecule has 6 nitrogen and oxygen atoms in total. The molecule has 2 rings (SSSR count). The molecule has 0 aromatic heterocycles. The number of hydrogen-bond acceptors (Lipinski definition) is 5. The Morgan fingerprint density at radius 3 is 2.15 bits per heavy atom. The molecule has 0 saturated carbocycles. The lowest BCUT2D eigenvalue weighted by atomic mass is 10.2. The maximum atomic E-state index is 12.3. The Morgan fingerprint density at radius 1 is 1.00 bits per heavy atom. The Bertz CT molecular complexity index is 694. The largest absolute Gasteiger partial charge is 0.493 e. The molecule has 0 spiro atoms. The molecule has 140 valence electrons. The number of carbonyl (C=O) groups is 1. The van der Waals surface area contributed by atoms with E-state index in [4.69, 9.17) is 14.2 Å². The SMILES string of the molecule is COc1cc(NC(=O)CCN(C)Cc2ccccc2)cc(OC)c1OC. The maximum absolute atomic E-state index is 12.3. The van der Waals surface area contributed by atoms with Gasteiger partial charge in [0.05, 0.1) is 21.3 Å². The Morgan fingerprint density at radius 2 is 1.62 bits per heavy atom. The molecule has 0 heterocycles. The minimum atomic E-state index is -0.0702. The van der Waals surface area contributed by atoms with Gasteiger partial charge in [0.2, 0.25) is 11.7 Å². The molecule has 26 heavy (non-hydrogen) atoms. The number of anilines is 1. The number of amides is 1. The van der Waals surface area contributed by atoms with Crippen LogP contribution in [0.1, 0.15) is 12.0 Å². The van der Waals surface area contributed by atoms with Crippen molar-refractivity contribution in [1.29, 1.82) is 0 Å². The first-order valence-electron chi connectivity index (χ1n) is 8.39. The summed E-state index contributed by atoms with van der Waals surface area (Å²) in [6.45, 7) is 1.46. The van der Waals surface area contributed by atoms with Crippen molar-refractivity contribution in [1.82, 2.24) is 4.90 Å². The van der Waals surface area contributed by atoms with Crippen LogP contribution >= 0.6 is 0 Å². The first kappa shape index (κ1) is 19.6.